The zero-order valence-corrected chi connectivity index (χ0v) is 13.2. The van der Waals surface area contributed by atoms with Crippen LogP contribution in [0.15, 0.2) is 12.4 Å². The Morgan fingerprint density at radius 2 is 2.12 bits per heavy atom. The maximum absolute atomic E-state index is 13.0. The smallest absolute Gasteiger partial charge is 0.358 e. The predicted molar refractivity (Wildman–Crippen MR) is 79.2 cm³/mol. The number of hydrogen-bond acceptors (Lipinski definition) is 5. The fourth-order valence-corrected chi connectivity index (χ4v) is 3.08. The normalized spacial score (nSPS) is 20.4. The minimum Gasteiger partial charge on any atom is -0.358 e. The molecule has 130 valence electrons. The highest BCUT2D eigenvalue weighted by atomic mass is 19.4. The molecule has 0 saturated carbocycles. The minimum atomic E-state index is -4.62. The van der Waals surface area contributed by atoms with Gasteiger partial charge in [0.15, 0.2) is 5.69 Å². The van der Waals surface area contributed by atoms with E-state index in [0.29, 0.717) is 19.4 Å². The van der Waals surface area contributed by atoms with Gasteiger partial charge in [-0.15, -0.1) is 0 Å². The summed E-state index contributed by atoms with van der Waals surface area (Å²) in [6.07, 6.45) is -2.08. The number of aromatic nitrogens is 4. The molecule has 1 aliphatic heterocycles. The molecule has 10 heteroatoms. The Morgan fingerprint density at radius 3 is 2.75 bits per heavy atom. The Morgan fingerprint density at radius 1 is 1.42 bits per heavy atom. The van der Waals surface area contributed by atoms with E-state index in [1.165, 1.54) is 0 Å². The molecular weight excluding hydrogens is 325 g/mol. The van der Waals surface area contributed by atoms with Crippen LogP contribution in [0.5, 0.6) is 0 Å². The molecule has 2 N–H and O–H groups in total. The number of amides is 1. The molecule has 0 radical (unpaired) electrons. The molecule has 0 aromatic carbocycles. The number of carbonyl (C=O) groups excluding carboxylic acids is 1. The van der Waals surface area contributed by atoms with Crippen LogP contribution in [0, 0.1) is 5.41 Å². The Hall–Kier alpha value is -2.39. The summed E-state index contributed by atoms with van der Waals surface area (Å²) in [6.45, 7) is 4.39. The fraction of sp³-hybridized carbons (Fsp3) is 0.571. The standard InChI is InChI=1S/C14H17F3N6O/c1-3-13(4-2)6-18-11(24)10(13)22-9-5-8(14(15,16)17)21-12-19-7-20-23(9)12/h5,7,10,22H,3-4,6H2,1-2H3,(H,18,24). The van der Waals surface area contributed by atoms with Crippen LogP contribution in [0.1, 0.15) is 32.4 Å². The van der Waals surface area contributed by atoms with Gasteiger partial charge >= 0.3 is 6.18 Å². The van der Waals surface area contributed by atoms with E-state index >= 15 is 0 Å². The van der Waals surface area contributed by atoms with Crippen molar-refractivity contribution in [2.75, 3.05) is 11.9 Å². The molecule has 3 heterocycles. The van der Waals surface area contributed by atoms with E-state index in [2.05, 4.69) is 25.7 Å². The van der Waals surface area contributed by atoms with Crippen LogP contribution in [0.2, 0.25) is 0 Å². The van der Waals surface area contributed by atoms with E-state index in [9.17, 15) is 18.0 Å². The second-order valence-corrected chi connectivity index (χ2v) is 5.86. The molecule has 7 nitrogen and oxygen atoms in total. The van der Waals surface area contributed by atoms with Crippen LogP contribution in [0.25, 0.3) is 5.78 Å². The number of rotatable bonds is 4. The van der Waals surface area contributed by atoms with Crippen molar-refractivity contribution in [3.63, 3.8) is 0 Å². The summed E-state index contributed by atoms with van der Waals surface area (Å²) in [5.74, 6) is -0.375. The molecule has 1 saturated heterocycles. The molecule has 1 unspecified atom stereocenters. The molecule has 2 aromatic rings. The highest BCUT2D eigenvalue weighted by molar-refractivity contribution is 5.88. The van der Waals surface area contributed by atoms with Crippen molar-refractivity contribution in [1.82, 2.24) is 24.9 Å². The molecule has 2 aromatic heterocycles. The number of nitrogens with one attached hydrogen (secondary N) is 2. The van der Waals surface area contributed by atoms with Gasteiger partial charge in [-0.3, -0.25) is 4.79 Å². The third-order valence-electron chi connectivity index (χ3n) is 4.73. The second kappa shape index (κ2) is 5.60. The van der Waals surface area contributed by atoms with Crippen molar-refractivity contribution in [1.29, 1.82) is 0 Å². The van der Waals surface area contributed by atoms with Gasteiger partial charge in [0, 0.05) is 18.0 Å². The highest BCUT2D eigenvalue weighted by Crippen LogP contribution is 2.36. The monoisotopic (exact) mass is 342 g/mol. The van der Waals surface area contributed by atoms with Crippen LogP contribution in [0.4, 0.5) is 19.0 Å². The highest BCUT2D eigenvalue weighted by Gasteiger charge is 2.46. The molecule has 1 atom stereocenters. The Labute approximate surface area is 135 Å². The molecule has 0 aliphatic carbocycles. The molecule has 0 bridgehead atoms. The van der Waals surface area contributed by atoms with Crippen molar-refractivity contribution >= 4 is 17.5 Å². The van der Waals surface area contributed by atoms with E-state index in [1.54, 1.807) is 0 Å². The average Bonchev–Trinajstić information content (AvgIpc) is 3.13. The van der Waals surface area contributed by atoms with Crippen molar-refractivity contribution in [3.8, 4) is 0 Å². The number of anilines is 1. The molecule has 1 amide bonds. The summed E-state index contributed by atoms with van der Waals surface area (Å²) in [6, 6.07) is 0.201. The van der Waals surface area contributed by atoms with Gasteiger partial charge in [-0.1, -0.05) is 13.8 Å². The largest absolute Gasteiger partial charge is 0.433 e. The number of fused-ring (bicyclic) bond motifs is 1. The Bertz CT molecular complexity index is 767. The summed E-state index contributed by atoms with van der Waals surface area (Å²) in [5, 5.41) is 9.61. The van der Waals surface area contributed by atoms with Gasteiger partial charge in [0.2, 0.25) is 5.91 Å². The first-order chi connectivity index (χ1) is 11.3. The second-order valence-electron chi connectivity index (χ2n) is 5.86. The Balaban J connectivity index is 2.06. The molecule has 24 heavy (non-hydrogen) atoms. The lowest BCUT2D eigenvalue weighted by Gasteiger charge is -2.31. The zero-order valence-electron chi connectivity index (χ0n) is 13.2. The van der Waals surface area contributed by atoms with Gasteiger partial charge in [0.25, 0.3) is 5.78 Å². The average molecular weight is 342 g/mol. The van der Waals surface area contributed by atoms with Gasteiger partial charge < -0.3 is 10.6 Å². The van der Waals surface area contributed by atoms with Crippen molar-refractivity contribution < 1.29 is 18.0 Å². The lowest BCUT2D eigenvalue weighted by molar-refractivity contribution is -0.141. The van der Waals surface area contributed by atoms with Gasteiger partial charge in [-0.25, -0.2) is 4.98 Å². The maximum atomic E-state index is 13.0. The van der Waals surface area contributed by atoms with Crippen LogP contribution in [-0.2, 0) is 11.0 Å². The summed E-state index contributed by atoms with van der Waals surface area (Å²) in [7, 11) is 0. The molecule has 0 spiro atoms. The summed E-state index contributed by atoms with van der Waals surface area (Å²) in [4.78, 5) is 19.4. The van der Waals surface area contributed by atoms with Crippen molar-refractivity contribution in [3.05, 3.63) is 18.1 Å². The van der Waals surface area contributed by atoms with Crippen molar-refractivity contribution in [2.45, 2.75) is 38.9 Å². The third kappa shape index (κ3) is 2.55. The number of halogens is 3. The number of carbonyl (C=O) groups is 1. The lowest BCUT2D eigenvalue weighted by Crippen LogP contribution is -2.41. The van der Waals surface area contributed by atoms with E-state index in [1.807, 2.05) is 13.8 Å². The third-order valence-corrected chi connectivity index (χ3v) is 4.73. The summed E-state index contributed by atoms with van der Waals surface area (Å²) >= 11 is 0. The SMILES string of the molecule is CCC1(CC)CNC(=O)C1Nc1cc(C(F)(F)F)nc2ncnn12. The van der Waals surface area contributed by atoms with Crippen LogP contribution in [0.3, 0.4) is 0 Å². The molecule has 3 rings (SSSR count). The van der Waals surface area contributed by atoms with Crippen LogP contribution < -0.4 is 10.6 Å². The van der Waals surface area contributed by atoms with Gasteiger partial charge in [0.05, 0.1) is 0 Å². The van der Waals surface area contributed by atoms with E-state index in [0.717, 1.165) is 16.9 Å². The molecular formula is C14H17F3N6O. The van der Waals surface area contributed by atoms with Crippen LogP contribution in [-0.4, -0.2) is 38.1 Å². The molecule has 1 aliphatic rings. The number of hydrogen-bond donors (Lipinski definition) is 2. The van der Waals surface area contributed by atoms with Gasteiger partial charge in [0.1, 0.15) is 18.2 Å². The topological polar surface area (TPSA) is 84.2 Å². The fourth-order valence-electron chi connectivity index (χ4n) is 3.08. The van der Waals surface area contributed by atoms with E-state index in [4.69, 9.17) is 0 Å². The quantitative estimate of drug-likeness (QED) is 0.886. The zero-order chi connectivity index (χ0) is 17.5. The van der Waals surface area contributed by atoms with Gasteiger partial charge in [-0.05, 0) is 12.8 Å². The Kier molecular flexibility index (Phi) is 3.84. The minimum absolute atomic E-state index is 0.0400. The summed E-state index contributed by atoms with van der Waals surface area (Å²) in [5.41, 5.74) is -1.45. The lowest BCUT2D eigenvalue weighted by atomic mass is 9.78. The van der Waals surface area contributed by atoms with E-state index < -0.39 is 17.9 Å². The first-order valence-electron chi connectivity index (χ1n) is 7.63. The van der Waals surface area contributed by atoms with Crippen molar-refractivity contribution in [2.24, 2.45) is 5.41 Å². The summed E-state index contributed by atoms with van der Waals surface area (Å²) < 4.78 is 40.3. The van der Waals surface area contributed by atoms with Gasteiger partial charge in [-0.2, -0.15) is 27.8 Å². The first-order valence-corrected chi connectivity index (χ1v) is 7.63. The van der Waals surface area contributed by atoms with E-state index in [-0.39, 0.29) is 22.9 Å². The first kappa shape index (κ1) is 16.5. The molecule has 1 fully saturated rings. The maximum Gasteiger partial charge on any atom is 0.433 e. The number of nitrogens with zero attached hydrogens (tertiary/aromatic N) is 4. The predicted octanol–water partition coefficient (Wildman–Crippen LogP) is 1.86. The number of alkyl halides is 3. The van der Waals surface area contributed by atoms with Crippen LogP contribution >= 0.6 is 0 Å².